The summed E-state index contributed by atoms with van der Waals surface area (Å²) in [7, 11) is 0. The normalized spacial score (nSPS) is 23.5. The molecule has 31 heavy (non-hydrogen) atoms. The van der Waals surface area contributed by atoms with Crippen molar-refractivity contribution >= 4 is 0 Å². The van der Waals surface area contributed by atoms with Crippen LogP contribution in [0.4, 0.5) is 26.3 Å². The number of halogens is 6. The van der Waals surface area contributed by atoms with Crippen molar-refractivity contribution in [2.24, 2.45) is 5.92 Å². The second kappa shape index (κ2) is 9.20. The topological polar surface area (TPSA) is 29.5 Å². The molecule has 0 aromatic heterocycles. The third kappa shape index (κ3) is 5.60. The number of hydrogen-bond donors (Lipinski definition) is 1. The number of aliphatic hydroxyl groups excluding tert-OH is 1. The number of ether oxygens (including phenoxy) is 1. The molecule has 4 atom stereocenters. The minimum Gasteiger partial charge on any atom is -0.396 e. The van der Waals surface area contributed by atoms with Crippen LogP contribution in [0.1, 0.15) is 60.5 Å². The van der Waals surface area contributed by atoms with Crippen LogP contribution in [-0.2, 0) is 17.1 Å². The van der Waals surface area contributed by atoms with Crippen molar-refractivity contribution in [3.8, 4) is 0 Å². The first-order chi connectivity index (χ1) is 14.5. The van der Waals surface area contributed by atoms with Crippen LogP contribution in [0.3, 0.4) is 0 Å². The lowest BCUT2D eigenvalue weighted by molar-refractivity contribution is -0.143. The zero-order chi connectivity index (χ0) is 22.8. The van der Waals surface area contributed by atoms with Crippen LogP contribution in [0.2, 0.25) is 0 Å². The number of benzene rings is 2. The molecule has 1 unspecified atom stereocenters. The largest absolute Gasteiger partial charge is 0.416 e. The zero-order valence-electron chi connectivity index (χ0n) is 16.9. The van der Waals surface area contributed by atoms with Gasteiger partial charge in [0.05, 0.1) is 23.3 Å². The fourth-order valence-corrected chi connectivity index (χ4v) is 4.32. The molecule has 1 aliphatic rings. The maximum Gasteiger partial charge on any atom is 0.416 e. The molecule has 170 valence electrons. The molecule has 2 aromatic rings. The van der Waals surface area contributed by atoms with E-state index in [1.807, 2.05) is 30.3 Å². The van der Waals surface area contributed by atoms with Crippen molar-refractivity contribution in [3.63, 3.8) is 0 Å². The number of rotatable bonds is 5. The van der Waals surface area contributed by atoms with Crippen molar-refractivity contribution in [1.82, 2.24) is 0 Å². The van der Waals surface area contributed by atoms with E-state index in [9.17, 15) is 31.4 Å². The molecule has 2 aromatic carbocycles. The van der Waals surface area contributed by atoms with Crippen LogP contribution in [0, 0.1) is 5.92 Å². The molecule has 1 fully saturated rings. The molecule has 1 N–H and O–H groups in total. The maximum atomic E-state index is 13.2. The Bertz CT molecular complexity index is 830. The van der Waals surface area contributed by atoms with Crippen molar-refractivity contribution in [2.45, 2.75) is 56.7 Å². The minimum atomic E-state index is -4.91. The predicted octanol–water partition coefficient (Wildman–Crippen LogP) is 6.75. The van der Waals surface area contributed by atoms with Crippen LogP contribution in [0.25, 0.3) is 0 Å². The van der Waals surface area contributed by atoms with Gasteiger partial charge in [-0.2, -0.15) is 26.3 Å². The van der Waals surface area contributed by atoms with E-state index in [-0.39, 0.29) is 30.1 Å². The molecule has 0 aliphatic heterocycles. The molecule has 3 rings (SSSR count). The third-order valence-corrected chi connectivity index (χ3v) is 5.85. The molecule has 0 spiro atoms. The van der Waals surface area contributed by atoms with Crippen LogP contribution in [-0.4, -0.2) is 17.8 Å². The summed E-state index contributed by atoms with van der Waals surface area (Å²) in [6, 6.07) is 10.9. The van der Waals surface area contributed by atoms with E-state index < -0.39 is 35.7 Å². The van der Waals surface area contributed by atoms with Gasteiger partial charge >= 0.3 is 12.4 Å². The first-order valence-corrected chi connectivity index (χ1v) is 10.1. The SMILES string of the molecule is CC(O[C@H]1CCC[C@H](CO)[C@@H]1c1ccccc1)c1cc(C(F)(F)F)cc(C(F)(F)F)c1. The summed E-state index contributed by atoms with van der Waals surface area (Å²) in [5.41, 5.74) is -1.97. The number of alkyl halides is 6. The molecular formula is C23H24F6O2. The number of hydrogen-bond acceptors (Lipinski definition) is 2. The summed E-state index contributed by atoms with van der Waals surface area (Å²) in [5, 5.41) is 9.84. The van der Waals surface area contributed by atoms with Gasteiger partial charge in [-0.1, -0.05) is 36.8 Å². The van der Waals surface area contributed by atoms with Gasteiger partial charge in [0.25, 0.3) is 0 Å². The van der Waals surface area contributed by atoms with Crippen LogP contribution < -0.4 is 0 Å². The first-order valence-electron chi connectivity index (χ1n) is 10.1. The van der Waals surface area contributed by atoms with Crippen LogP contribution in [0.5, 0.6) is 0 Å². The smallest absolute Gasteiger partial charge is 0.396 e. The highest BCUT2D eigenvalue weighted by atomic mass is 19.4. The highest BCUT2D eigenvalue weighted by molar-refractivity contribution is 5.35. The molecule has 0 radical (unpaired) electrons. The lowest BCUT2D eigenvalue weighted by Crippen LogP contribution is -2.35. The molecule has 1 aliphatic carbocycles. The highest BCUT2D eigenvalue weighted by Crippen LogP contribution is 2.43. The monoisotopic (exact) mass is 446 g/mol. The average Bonchev–Trinajstić information content (AvgIpc) is 2.72. The van der Waals surface area contributed by atoms with E-state index >= 15 is 0 Å². The highest BCUT2D eigenvalue weighted by Gasteiger charge is 2.39. The molecule has 1 saturated carbocycles. The number of aliphatic hydroxyl groups is 1. The third-order valence-electron chi connectivity index (χ3n) is 5.85. The van der Waals surface area contributed by atoms with Crippen LogP contribution >= 0.6 is 0 Å². The van der Waals surface area contributed by atoms with Gasteiger partial charge in [0.1, 0.15) is 0 Å². The van der Waals surface area contributed by atoms with Crippen molar-refractivity contribution in [2.75, 3.05) is 6.61 Å². The Hall–Kier alpha value is -2.06. The quantitative estimate of drug-likeness (QED) is 0.515. The zero-order valence-corrected chi connectivity index (χ0v) is 16.9. The summed E-state index contributed by atoms with van der Waals surface area (Å²) in [4.78, 5) is 0. The summed E-state index contributed by atoms with van der Waals surface area (Å²) >= 11 is 0. The van der Waals surface area contributed by atoms with E-state index in [1.54, 1.807) is 0 Å². The molecule has 0 bridgehead atoms. The van der Waals surface area contributed by atoms with Crippen molar-refractivity contribution < 1.29 is 36.2 Å². The minimum absolute atomic E-state index is 0.0738. The fourth-order valence-electron chi connectivity index (χ4n) is 4.32. The Morgan fingerprint density at radius 1 is 0.935 bits per heavy atom. The Morgan fingerprint density at radius 3 is 2.03 bits per heavy atom. The molecule has 8 heteroatoms. The molecule has 0 saturated heterocycles. The Labute approximate surface area is 176 Å². The fraction of sp³-hybridized carbons (Fsp3) is 0.478. The van der Waals surface area contributed by atoms with Gasteiger partial charge in [0.15, 0.2) is 0 Å². The molecular weight excluding hydrogens is 422 g/mol. The van der Waals surface area contributed by atoms with E-state index in [1.165, 1.54) is 6.92 Å². The van der Waals surface area contributed by atoms with Gasteiger partial charge < -0.3 is 9.84 Å². The lowest BCUT2D eigenvalue weighted by atomic mass is 9.74. The van der Waals surface area contributed by atoms with Crippen molar-refractivity contribution in [1.29, 1.82) is 0 Å². The summed E-state index contributed by atoms with van der Waals surface area (Å²) in [6.45, 7) is 1.38. The first kappa shape index (κ1) is 23.6. The van der Waals surface area contributed by atoms with Crippen molar-refractivity contribution in [3.05, 3.63) is 70.8 Å². The van der Waals surface area contributed by atoms with E-state index in [0.717, 1.165) is 18.4 Å². The lowest BCUT2D eigenvalue weighted by Gasteiger charge is -2.39. The summed E-state index contributed by atoms with van der Waals surface area (Å²) in [5.74, 6) is -0.295. The standard InChI is InChI=1S/C23H24F6O2/c1-14(17-10-18(22(24,25)26)12-19(11-17)23(27,28)29)31-20-9-5-8-16(13-30)21(20)15-6-3-2-4-7-15/h2-4,6-7,10-12,14,16,20-21,30H,5,8-9,13H2,1H3/t14?,16-,20+,21+/m1/s1. The second-order valence-electron chi connectivity index (χ2n) is 7.97. The van der Waals surface area contributed by atoms with Gasteiger partial charge in [-0.15, -0.1) is 0 Å². The summed E-state index contributed by atoms with van der Waals surface area (Å²) < 4.78 is 85.3. The molecule has 0 heterocycles. The predicted molar refractivity (Wildman–Crippen MR) is 103 cm³/mol. The second-order valence-corrected chi connectivity index (χ2v) is 7.97. The van der Waals surface area contributed by atoms with E-state index in [0.29, 0.717) is 18.6 Å². The van der Waals surface area contributed by atoms with E-state index in [2.05, 4.69) is 0 Å². The maximum absolute atomic E-state index is 13.2. The van der Waals surface area contributed by atoms with Gasteiger partial charge in [-0.25, -0.2) is 0 Å². The Balaban J connectivity index is 1.92. The Kier molecular flexibility index (Phi) is 7.01. The van der Waals surface area contributed by atoms with E-state index in [4.69, 9.17) is 4.74 Å². The van der Waals surface area contributed by atoms with Gasteiger partial charge in [-0.05, 0) is 55.0 Å². The van der Waals surface area contributed by atoms with Gasteiger partial charge in [0, 0.05) is 12.5 Å². The molecule has 0 amide bonds. The average molecular weight is 446 g/mol. The Morgan fingerprint density at radius 2 is 1.52 bits per heavy atom. The molecule has 2 nitrogen and oxygen atoms in total. The summed E-state index contributed by atoms with van der Waals surface area (Å²) in [6.07, 6.45) is -9.12. The van der Waals surface area contributed by atoms with Gasteiger partial charge in [0.2, 0.25) is 0 Å². The van der Waals surface area contributed by atoms with Crippen LogP contribution in [0.15, 0.2) is 48.5 Å². The van der Waals surface area contributed by atoms with Gasteiger partial charge in [-0.3, -0.25) is 0 Å².